The average molecular weight is 446 g/mol. The molecule has 0 atom stereocenters. The molecule has 4 rings (SSSR count). The molecule has 0 amide bonds. The Bertz CT molecular complexity index is 1280. The smallest absolute Gasteiger partial charge is 0.162 e. The van der Waals surface area contributed by atoms with Gasteiger partial charge in [0.2, 0.25) is 0 Å². The lowest BCUT2D eigenvalue weighted by atomic mass is 10.0. The van der Waals surface area contributed by atoms with Gasteiger partial charge in [0.25, 0.3) is 0 Å². The lowest BCUT2D eigenvalue weighted by Crippen LogP contribution is -2.00. The maximum atomic E-state index is 10.2. The number of hydrogen-bond acceptors (Lipinski definition) is 9. The molecule has 4 aromatic carbocycles. The van der Waals surface area contributed by atoms with Crippen LogP contribution in [0.15, 0.2) is 60.7 Å². The standard InChI is InChI=1S/C24H22N4O5/c25-15-9-11(1-5-17(15)29)13-3-7-19(31)21(27)23(13)33-24-14(4-8-20(32)22(24)28)12-2-6-18(30)16(26)10-12/h1-10,29-32H,25-28H2. The van der Waals surface area contributed by atoms with Crippen molar-refractivity contribution in [2.45, 2.75) is 0 Å². The largest absolute Gasteiger partial charge is 0.506 e. The molecule has 0 bridgehead atoms. The minimum absolute atomic E-state index is 0.0605. The SMILES string of the molecule is Nc1cc(-c2ccc(O)c(N)c2Oc2c(-c3ccc(O)c(N)c3)ccc(O)c2N)ccc1O. The molecule has 0 radical (unpaired) electrons. The molecule has 0 saturated heterocycles. The van der Waals surface area contributed by atoms with E-state index in [2.05, 4.69) is 0 Å². The second-order valence-corrected chi connectivity index (χ2v) is 7.40. The second-order valence-electron chi connectivity index (χ2n) is 7.40. The molecule has 0 saturated carbocycles. The predicted molar refractivity (Wildman–Crippen MR) is 128 cm³/mol. The van der Waals surface area contributed by atoms with E-state index < -0.39 is 0 Å². The van der Waals surface area contributed by atoms with Crippen LogP contribution in [0.4, 0.5) is 22.7 Å². The van der Waals surface area contributed by atoms with Gasteiger partial charge in [0.05, 0.1) is 11.4 Å². The number of nitrogens with two attached hydrogens (primary N) is 4. The van der Waals surface area contributed by atoms with E-state index in [0.717, 1.165) is 0 Å². The first kappa shape index (κ1) is 21.3. The summed E-state index contributed by atoms with van der Waals surface area (Å²) in [6, 6.07) is 15.1. The first-order valence-corrected chi connectivity index (χ1v) is 9.75. The molecular formula is C24H22N4O5. The van der Waals surface area contributed by atoms with Gasteiger partial charge in [0.1, 0.15) is 34.4 Å². The Labute approximate surface area is 188 Å². The van der Waals surface area contributed by atoms with Crippen molar-refractivity contribution in [3.05, 3.63) is 60.7 Å². The van der Waals surface area contributed by atoms with Crippen molar-refractivity contribution >= 4 is 22.7 Å². The molecule has 4 aromatic rings. The van der Waals surface area contributed by atoms with Gasteiger partial charge < -0.3 is 48.1 Å². The monoisotopic (exact) mass is 446 g/mol. The van der Waals surface area contributed by atoms with Gasteiger partial charge >= 0.3 is 0 Å². The summed E-state index contributed by atoms with van der Waals surface area (Å²) in [5.74, 6) is -0.505. The summed E-state index contributed by atoms with van der Waals surface area (Å²) >= 11 is 0. The Kier molecular flexibility index (Phi) is 5.15. The van der Waals surface area contributed by atoms with Crippen LogP contribution in [0.3, 0.4) is 0 Å². The first-order valence-electron chi connectivity index (χ1n) is 9.75. The van der Waals surface area contributed by atoms with Crippen LogP contribution >= 0.6 is 0 Å². The van der Waals surface area contributed by atoms with E-state index in [9.17, 15) is 20.4 Å². The predicted octanol–water partition coefficient (Wildman–Crippen LogP) is 3.96. The van der Waals surface area contributed by atoms with Crippen molar-refractivity contribution in [1.82, 2.24) is 0 Å². The molecule has 9 heteroatoms. The summed E-state index contributed by atoms with van der Waals surface area (Å²) in [5.41, 5.74) is 26.1. The van der Waals surface area contributed by atoms with E-state index in [-0.39, 0.29) is 57.2 Å². The van der Waals surface area contributed by atoms with Gasteiger partial charge in [0.15, 0.2) is 11.5 Å². The van der Waals surface area contributed by atoms with E-state index in [4.69, 9.17) is 27.7 Å². The van der Waals surface area contributed by atoms with E-state index in [0.29, 0.717) is 22.3 Å². The summed E-state index contributed by atoms with van der Waals surface area (Å²) in [5, 5.41) is 40.0. The Hall–Kier alpha value is -4.92. The van der Waals surface area contributed by atoms with Crippen LogP contribution < -0.4 is 27.7 Å². The van der Waals surface area contributed by atoms with Gasteiger partial charge in [-0.1, -0.05) is 12.1 Å². The van der Waals surface area contributed by atoms with Gasteiger partial charge in [-0.05, 0) is 59.7 Å². The highest BCUT2D eigenvalue weighted by molar-refractivity contribution is 5.87. The molecule has 12 N–H and O–H groups in total. The summed E-state index contributed by atoms with van der Waals surface area (Å²) in [6.45, 7) is 0. The zero-order valence-corrected chi connectivity index (χ0v) is 17.3. The second kappa shape index (κ2) is 7.97. The van der Waals surface area contributed by atoms with Gasteiger partial charge in [-0.15, -0.1) is 0 Å². The third-order valence-electron chi connectivity index (χ3n) is 5.23. The molecule has 0 aromatic heterocycles. The fraction of sp³-hybridized carbons (Fsp3) is 0. The number of nitrogen functional groups attached to an aromatic ring is 4. The molecule has 9 nitrogen and oxygen atoms in total. The van der Waals surface area contributed by atoms with Crippen molar-refractivity contribution < 1.29 is 25.2 Å². The summed E-state index contributed by atoms with van der Waals surface area (Å²) in [6.07, 6.45) is 0. The number of hydrogen-bond donors (Lipinski definition) is 8. The number of ether oxygens (including phenoxy) is 1. The summed E-state index contributed by atoms with van der Waals surface area (Å²) in [7, 11) is 0. The zero-order chi connectivity index (χ0) is 23.9. The van der Waals surface area contributed by atoms with Crippen molar-refractivity contribution in [2.75, 3.05) is 22.9 Å². The van der Waals surface area contributed by atoms with Crippen LogP contribution in [-0.2, 0) is 0 Å². The Morgan fingerprint density at radius 2 is 0.848 bits per heavy atom. The lowest BCUT2D eigenvalue weighted by molar-refractivity contribution is 0.454. The zero-order valence-electron chi connectivity index (χ0n) is 17.3. The Morgan fingerprint density at radius 3 is 1.21 bits per heavy atom. The number of aromatic hydroxyl groups is 4. The van der Waals surface area contributed by atoms with Crippen molar-refractivity contribution in [3.63, 3.8) is 0 Å². The van der Waals surface area contributed by atoms with Crippen LogP contribution in [0.5, 0.6) is 34.5 Å². The van der Waals surface area contributed by atoms with Crippen LogP contribution in [-0.4, -0.2) is 20.4 Å². The fourth-order valence-electron chi connectivity index (χ4n) is 3.40. The lowest BCUT2D eigenvalue weighted by Gasteiger charge is -2.19. The maximum Gasteiger partial charge on any atom is 0.162 e. The fourth-order valence-corrected chi connectivity index (χ4v) is 3.40. The number of rotatable bonds is 4. The highest BCUT2D eigenvalue weighted by Gasteiger charge is 2.21. The van der Waals surface area contributed by atoms with Gasteiger partial charge in [0, 0.05) is 11.1 Å². The van der Waals surface area contributed by atoms with E-state index in [1.54, 1.807) is 24.3 Å². The topological polar surface area (TPSA) is 194 Å². The quantitative estimate of drug-likeness (QED) is 0.169. The highest BCUT2D eigenvalue weighted by atomic mass is 16.5. The molecule has 0 spiro atoms. The van der Waals surface area contributed by atoms with Gasteiger partial charge in [-0.2, -0.15) is 0 Å². The first-order chi connectivity index (χ1) is 15.7. The van der Waals surface area contributed by atoms with E-state index >= 15 is 0 Å². The van der Waals surface area contributed by atoms with Crippen molar-refractivity contribution in [2.24, 2.45) is 0 Å². The summed E-state index contributed by atoms with van der Waals surface area (Å²) < 4.78 is 6.14. The average Bonchev–Trinajstić information content (AvgIpc) is 2.78. The molecular weight excluding hydrogens is 424 g/mol. The van der Waals surface area contributed by atoms with Gasteiger partial charge in [-0.3, -0.25) is 0 Å². The number of benzene rings is 4. The molecule has 0 aliphatic rings. The molecule has 168 valence electrons. The van der Waals surface area contributed by atoms with Crippen LogP contribution in [0, 0.1) is 0 Å². The molecule has 0 fully saturated rings. The van der Waals surface area contributed by atoms with Crippen molar-refractivity contribution in [3.8, 4) is 56.8 Å². The van der Waals surface area contributed by atoms with E-state index in [1.807, 2.05) is 0 Å². The minimum atomic E-state index is -0.227. The highest BCUT2D eigenvalue weighted by Crippen LogP contribution is 2.49. The Balaban J connectivity index is 1.92. The minimum Gasteiger partial charge on any atom is -0.506 e. The van der Waals surface area contributed by atoms with Crippen LogP contribution in [0.1, 0.15) is 0 Å². The van der Waals surface area contributed by atoms with Crippen LogP contribution in [0.2, 0.25) is 0 Å². The molecule has 0 aliphatic heterocycles. The molecule has 33 heavy (non-hydrogen) atoms. The normalized spacial score (nSPS) is 10.8. The molecule has 0 unspecified atom stereocenters. The molecule has 0 aliphatic carbocycles. The van der Waals surface area contributed by atoms with Crippen LogP contribution in [0.25, 0.3) is 22.3 Å². The third kappa shape index (κ3) is 3.79. The summed E-state index contributed by atoms with van der Waals surface area (Å²) in [4.78, 5) is 0. The maximum absolute atomic E-state index is 10.2. The van der Waals surface area contributed by atoms with Gasteiger partial charge in [-0.25, -0.2) is 0 Å². The molecule has 0 heterocycles. The number of phenols is 4. The third-order valence-corrected chi connectivity index (χ3v) is 5.23. The number of phenolic OH excluding ortho intramolecular Hbond substituents is 4. The van der Waals surface area contributed by atoms with E-state index in [1.165, 1.54) is 36.4 Å². The van der Waals surface area contributed by atoms with Crippen molar-refractivity contribution in [1.29, 1.82) is 0 Å². The Morgan fingerprint density at radius 1 is 0.485 bits per heavy atom. The number of anilines is 4.